The zero-order valence-electron chi connectivity index (χ0n) is 9.63. The summed E-state index contributed by atoms with van der Waals surface area (Å²) in [6.45, 7) is 3.72. The van der Waals surface area contributed by atoms with Crippen LogP contribution in [-0.2, 0) is 0 Å². The van der Waals surface area contributed by atoms with E-state index in [-0.39, 0.29) is 6.04 Å². The molecule has 0 amide bonds. The number of hydrogen-bond acceptors (Lipinski definition) is 4. The summed E-state index contributed by atoms with van der Waals surface area (Å²) in [6, 6.07) is 6.15. The van der Waals surface area contributed by atoms with Gasteiger partial charge in [0.1, 0.15) is 0 Å². The Labute approximate surface area is 101 Å². The summed E-state index contributed by atoms with van der Waals surface area (Å²) in [5, 5.41) is 0. The lowest BCUT2D eigenvalue weighted by molar-refractivity contribution is 0.521. The first-order valence-corrected chi connectivity index (χ1v) is 5.63. The number of hydrazine groups is 1. The monoisotopic (exact) mass is 228 g/mol. The van der Waals surface area contributed by atoms with Crippen molar-refractivity contribution in [1.29, 1.82) is 0 Å². The maximum atomic E-state index is 5.57. The lowest BCUT2D eigenvalue weighted by Gasteiger charge is -2.15. The molecule has 1 atom stereocenters. The van der Waals surface area contributed by atoms with Crippen LogP contribution in [0.25, 0.3) is 11.0 Å². The molecule has 0 aliphatic rings. The van der Waals surface area contributed by atoms with Gasteiger partial charge in [0.25, 0.3) is 0 Å². The van der Waals surface area contributed by atoms with Gasteiger partial charge in [0.15, 0.2) is 0 Å². The summed E-state index contributed by atoms with van der Waals surface area (Å²) in [7, 11) is 0. The highest BCUT2D eigenvalue weighted by atomic mass is 15.2. The van der Waals surface area contributed by atoms with Gasteiger partial charge in [-0.2, -0.15) is 0 Å². The molecule has 0 saturated heterocycles. The maximum Gasteiger partial charge on any atom is 0.0890 e. The average Bonchev–Trinajstić information content (AvgIpc) is 2.39. The van der Waals surface area contributed by atoms with E-state index in [1.807, 2.05) is 24.3 Å². The second-order valence-electron chi connectivity index (χ2n) is 3.89. The van der Waals surface area contributed by atoms with Crippen molar-refractivity contribution in [3.63, 3.8) is 0 Å². The summed E-state index contributed by atoms with van der Waals surface area (Å²) in [5.74, 6) is 5.57. The summed E-state index contributed by atoms with van der Waals surface area (Å²) in [6.07, 6.45) is 7.13. The average molecular weight is 228 g/mol. The fourth-order valence-corrected chi connectivity index (χ4v) is 1.83. The third-order valence-electron chi connectivity index (χ3n) is 2.76. The zero-order chi connectivity index (χ0) is 12.1. The molecule has 4 nitrogen and oxygen atoms in total. The highest BCUT2D eigenvalue weighted by molar-refractivity contribution is 5.74. The van der Waals surface area contributed by atoms with E-state index in [1.54, 1.807) is 12.4 Å². The number of nitrogens with one attached hydrogen (secondary N) is 1. The number of nitrogens with two attached hydrogens (primary N) is 1. The van der Waals surface area contributed by atoms with Gasteiger partial charge in [-0.1, -0.05) is 12.1 Å². The Morgan fingerprint density at radius 1 is 1.29 bits per heavy atom. The van der Waals surface area contributed by atoms with Gasteiger partial charge in [-0.05, 0) is 30.5 Å². The number of nitrogens with zero attached hydrogens (tertiary/aromatic N) is 2. The molecule has 0 radical (unpaired) electrons. The lowest BCUT2D eigenvalue weighted by Crippen LogP contribution is -2.27. The van der Waals surface area contributed by atoms with Crippen molar-refractivity contribution in [3.8, 4) is 0 Å². The van der Waals surface area contributed by atoms with Crippen LogP contribution in [0.2, 0.25) is 0 Å². The third kappa shape index (κ3) is 2.67. The number of hydrogen-bond donors (Lipinski definition) is 2. The lowest BCUT2D eigenvalue weighted by atomic mass is 10.0. The fraction of sp³-hybridized carbons (Fsp3) is 0.231. The Balaban J connectivity index is 2.30. The van der Waals surface area contributed by atoms with Crippen molar-refractivity contribution in [2.24, 2.45) is 5.84 Å². The van der Waals surface area contributed by atoms with Crippen LogP contribution in [-0.4, -0.2) is 9.97 Å². The van der Waals surface area contributed by atoms with Crippen LogP contribution < -0.4 is 11.3 Å². The predicted molar refractivity (Wildman–Crippen MR) is 69.0 cm³/mol. The third-order valence-corrected chi connectivity index (χ3v) is 2.76. The van der Waals surface area contributed by atoms with E-state index >= 15 is 0 Å². The van der Waals surface area contributed by atoms with Crippen molar-refractivity contribution >= 4 is 11.0 Å². The molecule has 1 aromatic heterocycles. The van der Waals surface area contributed by atoms with Gasteiger partial charge in [0.05, 0.1) is 11.0 Å². The molecular weight excluding hydrogens is 212 g/mol. The van der Waals surface area contributed by atoms with Gasteiger partial charge in [0, 0.05) is 18.4 Å². The molecule has 88 valence electrons. The minimum Gasteiger partial charge on any atom is -0.271 e. The molecule has 1 unspecified atom stereocenters. The summed E-state index contributed by atoms with van der Waals surface area (Å²) in [5.41, 5.74) is 5.74. The quantitative estimate of drug-likeness (QED) is 0.467. The number of fused-ring (bicyclic) bond motifs is 1. The largest absolute Gasteiger partial charge is 0.271 e. The molecule has 1 heterocycles. The molecular formula is C13H16N4. The normalized spacial score (nSPS) is 12.5. The highest BCUT2D eigenvalue weighted by Crippen LogP contribution is 2.20. The summed E-state index contributed by atoms with van der Waals surface area (Å²) in [4.78, 5) is 8.53. The predicted octanol–water partition coefficient (Wildman–Crippen LogP) is 2.10. The second-order valence-corrected chi connectivity index (χ2v) is 3.89. The van der Waals surface area contributed by atoms with E-state index in [4.69, 9.17) is 5.84 Å². The van der Waals surface area contributed by atoms with Crippen LogP contribution in [0.1, 0.15) is 24.4 Å². The second kappa shape index (κ2) is 5.52. The highest BCUT2D eigenvalue weighted by Gasteiger charge is 2.09. The molecule has 0 spiro atoms. The molecule has 3 N–H and O–H groups in total. The Morgan fingerprint density at radius 2 is 2.06 bits per heavy atom. The maximum absolute atomic E-state index is 5.57. The van der Waals surface area contributed by atoms with Crippen molar-refractivity contribution < 1.29 is 0 Å². The Bertz CT molecular complexity index is 510. The first-order chi connectivity index (χ1) is 8.35. The molecule has 0 saturated carbocycles. The van der Waals surface area contributed by atoms with Crippen molar-refractivity contribution in [2.75, 3.05) is 0 Å². The molecule has 4 heteroatoms. The number of allylic oxidation sites excluding steroid dienone is 1. The summed E-state index contributed by atoms with van der Waals surface area (Å²) < 4.78 is 0. The van der Waals surface area contributed by atoms with Crippen LogP contribution in [0.5, 0.6) is 0 Å². The fourth-order valence-electron chi connectivity index (χ4n) is 1.83. The van der Waals surface area contributed by atoms with Gasteiger partial charge < -0.3 is 0 Å². The standard InChI is InChI=1S/C13H16N4/c1-2-3-4-11(17-14)10-5-6-12-13(9-10)16-8-7-15-12/h2,5-9,11,17H,1,3-4,14H2. The first-order valence-electron chi connectivity index (χ1n) is 5.63. The van der Waals surface area contributed by atoms with E-state index in [2.05, 4.69) is 22.0 Å². The van der Waals surface area contributed by atoms with Gasteiger partial charge in [-0.15, -0.1) is 6.58 Å². The molecule has 0 bridgehead atoms. The molecule has 2 rings (SSSR count). The molecule has 2 aromatic rings. The molecule has 0 aliphatic heterocycles. The van der Waals surface area contributed by atoms with Crippen molar-refractivity contribution in [1.82, 2.24) is 15.4 Å². The minimum atomic E-state index is 0.124. The molecule has 17 heavy (non-hydrogen) atoms. The molecule has 1 aromatic carbocycles. The number of aromatic nitrogens is 2. The Morgan fingerprint density at radius 3 is 2.76 bits per heavy atom. The van der Waals surface area contributed by atoms with E-state index in [9.17, 15) is 0 Å². The smallest absolute Gasteiger partial charge is 0.0890 e. The van der Waals surface area contributed by atoms with Crippen LogP contribution in [0, 0.1) is 0 Å². The first kappa shape index (κ1) is 11.7. The summed E-state index contributed by atoms with van der Waals surface area (Å²) >= 11 is 0. The van der Waals surface area contributed by atoms with Crippen LogP contribution in [0.15, 0.2) is 43.2 Å². The molecule has 0 aliphatic carbocycles. The number of rotatable bonds is 5. The van der Waals surface area contributed by atoms with Gasteiger partial charge in [-0.3, -0.25) is 21.2 Å². The van der Waals surface area contributed by atoms with Crippen LogP contribution >= 0.6 is 0 Å². The van der Waals surface area contributed by atoms with E-state index in [0.717, 1.165) is 29.4 Å². The topological polar surface area (TPSA) is 63.8 Å². The van der Waals surface area contributed by atoms with Gasteiger partial charge in [-0.25, -0.2) is 0 Å². The van der Waals surface area contributed by atoms with E-state index in [0.29, 0.717) is 0 Å². The van der Waals surface area contributed by atoms with Crippen molar-refractivity contribution in [2.45, 2.75) is 18.9 Å². The van der Waals surface area contributed by atoms with E-state index in [1.165, 1.54) is 0 Å². The van der Waals surface area contributed by atoms with Gasteiger partial charge in [0.2, 0.25) is 0 Å². The van der Waals surface area contributed by atoms with Crippen molar-refractivity contribution in [3.05, 3.63) is 48.8 Å². The Kier molecular flexibility index (Phi) is 3.80. The van der Waals surface area contributed by atoms with Crippen LogP contribution in [0.4, 0.5) is 0 Å². The molecule has 0 fully saturated rings. The SMILES string of the molecule is C=CCCC(NN)c1ccc2nccnc2c1. The Hall–Kier alpha value is -1.78. The van der Waals surface area contributed by atoms with Crippen LogP contribution in [0.3, 0.4) is 0 Å². The zero-order valence-corrected chi connectivity index (χ0v) is 9.63. The van der Waals surface area contributed by atoms with Gasteiger partial charge >= 0.3 is 0 Å². The van der Waals surface area contributed by atoms with E-state index < -0.39 is 0 Å². The minimum absolute atomic E-state index is 0.124. The number of benzene rings is 1.